The van der Waals surface area contributed by atoms with Crippen LogP contribution in [0.25, 0.3) is 0 Å². The first-order valence-corrected chi connectivity index (χ1v) is 4.38. The molecule has 2 rings (SSSR count). The highest BCUT2D eigenvalue weighted by Crippen LogP contribution is 2.23. The minimum absolute atomic E-state index is 0.167. The number of rotatable bonds is 1. The topological polar surface area (TPSA) is 38.0 Å². The van der Waals surface area contributed by atoms with Gasteiger partial charge >= 0.3 is 0 Å². The third-order valence-electron chi connectivity index (χ3n) is 2.61. The molecule has 1 aromatic rings. The van der Waals surface area contributed by atoms with Gasteiger partial charge in [-0.15, -0.1) is 0 Å². The molecule has 0 aliphatic carbocycles. The van der Waals surface area contributed by atoms with Gasteiger partial charge in [0.1, 0.15) is 5.82 Å². The molecule has 0 aromatic heterocycles. The summed E-state index contributed by atoms with van der Waals surface area (Å²) in [7, 11) is 0. The molecule has 2 nitrogen and oxygen atoms in total. The van der Waals surface area contributed by atoms with Gasteiger partial charge in [-0.3, -0.25) is 0 Å². The summed E-state index contributed by atoms with van der Waals surface area (Å²) >= 11 is 0. The summed E-state index contributed by atoms with van der Waals surface area (Å²) in [4.78, 5) is 0. The fourth-order valence-corrected chi connectivity index (χ4v) is 1.55. The second-order valence-electron chi connectivity index (χ2n) is 3.72. The molecule has 0 unspecified atom stereocenters. The van der Waals surface area contributed by atoms with E-state index in [9.17, 15) is 4.39 Å². The standard InChI is InChI=1S/C10H13FN2/c1-7-4-8(2-3-9(7)11)10(12)5-13-6-10/h2-4,13H,5-6,12H2,1H3. The van der Waals surface area contributed by atoms with Crippen LogP contribution in [0.2, 0.25) is 0 Å². The predicted octanol–water partition coefficient (Wildman–Crippen LogP) is 0.891. The van der Waals surface area contributed by atoms with Crippen LogP contribution in [0, 0.1) is 12.7 Å². The molecular formula is C10H13FN2. The highest BCUT2D eigenvalue weighted by molar-refractivity contribution is 5.32. The molecule has 13 heavy (non-hydrogen) atoms. The van der Waals surface area contributed by atoms with Crippen LogP contribution in [-0.2, 0) is 5.54 Å². The van der Waals surface area contributed by atoms with Crippen LogP contribution in [0.1, 0.15) is 11.1 Å². The molecule has 0 saturated carbocycles. The molecule has 0 radical (unpaired) electrons. The van der Waals surface area contributed by atoms with E-state index in [1.54, 1.807) is 13.0 Å². The highest BCUT2D eigenvalue weighted by atomic mass is 19.1. The minimum Gasteiger partial charge on any atom is -0.319 e. The van der Waals surface area contributed by atoms with Crippen LogP contribution in [0.5, 0.6) is 0 Å². The second-order valence-corrected chi connectivity index (χ2v) is 3.72. The van der Waals surface area contributed by atoms with E-state index in [2.05, 4.69) is 5.32 Å². The van der Waals surface area contributed by atoms with E-state index in [1.807, 2.05) is 6.07 Å². The SMILES string of the molecule is Cc1cc(C2(N)CNC2)ccc1F. The van der Waals surface area contributed by atoms with E-state index in [-0.39, 0.29) is 11.4 Å². The number of halogens is 1. The summed E-state index contributed by atoms with van der Waals surface area (Å²) in [5, 5.41) is 3.12. The first-order chi connectivity index (χ1) is 6.12. The first kappa shape index (κ1) is 8.66. The van der Waals surface area contributed by atoms with Crippen LogP contribution >= 0.6 is 0 Å². The van der Waals surface area contributed by atoms with Gasteiger partial charge in [-0.05, 0) is 24.1 Å². The molecule has 0 amide bonds. The number of aryl methyl sites for hydroxylation is 1. The van der Waals surface area contributed by atoms with Crippen molar-refractivity contribution in [1.29, 1.82) is 0 Å². The maximum absolute atomic E-state index is 13.0. The van der Waals surface area contributed by atoms with E-state index in [0.29, 0.717) is 5.56 Å². The Morgan fingerprint density at radius 3 is 2.62 bits per heavy atom. The quantitative estimate of drug-likeness (QED) is 0.673. The van der Waals surface area contributed by atoms with Gasteiger partial charge in [0.05, 0.1) is 5.54 Å². The van der Waals surface area contributed by atoms with Gasteiger partial charge in [0.25, 0.3) is 0 Å². The summed E-state index contributed by atoms with van der Waals surface area (Å²) in [6.07, 6.45) is 0. The molecule has 1 saturated heterocycles. The summed E-state index contributed by atoms with van der Waals surface area (Å²) in [5.74, 6) is -0.167. The molecule has 1 aliphatic rings. The molecule has 1 heterocycles. The van der Waals surface area contributed by atoms with Crippen LogP contribution in [0.15, 0.2) is 18.2 Å². The van der Waals surface area contributed by atoms with Crippen molar-refractivity contribution in [3.05, 3.63) is 35.1 Å². The molecule has 70 valence electrons. The number of nitrogens with two attached hydrogens (primary N) is 1. The fraction of sp³-hybridized carbons (Fsp3) is 0.400. The average Bonchev–Trinajstić information content (AvgIpc) is 2.06. The predicted molar refractivity (Wildman–Crippen MR) is 49.9 cm³/mol. The van der Waals surface area contributed by atoms with Crippen LogP contribution < -0.4 is 11.1 Å². The van der Waals surface area contributed by atoms with Crippen LogP contribution in [0.4, 0.5) is 4.39 Å². The molecule has 0 bridgehead atoms. The summed E-state index contributed by atoms with van der Waals surface area (Å²) in [6.45, 7) is 3.31. The maximum Gasteiger partial charge on any atom is 0.126 e. The van der Waals surface area contributed by atoms with Gasteiger partial charge in [-0.25, -0.2) is 4.39 Å². The molecule has 3 N–H and O–H groups in total. The first-order valence-electron chi connectivity index (χ1n) is 4.38. The lowest BCUT2D eigenvalue weighted by Crippen LogP contribution is -2.62. The number of benzene rings is 1. The molecule has 1 aromatic carbocycles. The van der Waals surface area contributed by atoms with Crippen molar-refractivity contribution < 1.29 is 4.39 Å². The van der Waals surface area contributed by atoms with Crippen molar-refractivity contribution >= 4 is 0 Å². The summed E-state index contributed by atoms with van der Waals surface area (Å²) < 4.78 is 13.0. The summed E-state index contributed by atoms with van der Waals surface area (Å²) in [5.41, 5.74) is 7.46. The van der Waals surface area contributed by atoms with E-state index >= 15 is 0 Å². The normalized spacial score (nSPS) is 19.6. The molecule has 3 heteroatoms. The van der Waals surface area contributed by atoms with Gasteiger partial charge in [0, 0.05) is 13.1 Å². The fourth-order valence-electron chi connectivity index (χ4n) is 1.55. The zero-order valence-electron chi connectivity index (χ0n) is 7.60. The van der Waals surface area contributed by atoms with Crippen molar-refractivity contribution in [2.75, 3.05) is 13.1 Å². The van der Waals surface area contributed by atoms with Crippen molar-refractivity contribution in [2.24, 2.45) is 5.73 Å². The van der Waals surface area contributed by atoms with Crippen LogP contribution in [-0.4, -0.2) is 13.1 Å². The lowest BCUT2D eigenvalue weighted by molar-refractivity contribution is 0.287. The lowest BCUT2D eigenvalue weighted by Gasteiger charge is -2.39. The Morgan fingerprint density at radius 2 is 2.15 bits per heavy atom. The average molecular weight is 180 g/mol. The van der Waals surface area contributed by atoms with Crippen molar-refractivity contribution in [3.8, 4) is 0 Å². The van der Waals surface area contributed by atoms with Gasteiger partial charge in [0.15, 0.2) is 0 Å². The largest absolute Gasteiger partial charge is 0.319 e. The van der Waals surface area contributed by atoms with Gasteiger partial charge in [-0.1, -0.05) is 12.1 Å². The van der Waals surface area contributed by atoms with Crippen LogP contribution in [0.3, 0.4) is 0 Å². The van der Waals surface area contributed by atoms with E-state index < -0.39 is 0 Å². The van der Waals surface area contributed by atoms with E-state index in [1.165, 1.54) is 6.07 Å². The van der Waals surface area contributed by atoms with Crippen molar-refractivity contribution in [2.45, 2.75) is 12.5 Å². The number of hydrogen-bond acceptors (Lipinski definition) is 2. The Hall–Kier alpha value is -0.930. The molecule has 1 aliphatic heterocycles. The minimum atomic E-state index is -0.279. The zero-order chi connectivity index (χ0) is 9.47. The Kier molecular flexibility index (Phi) is 1.86. The molecule has 0 atom stereocenters. The Balaban J connectivity index is 2.36. The van der Waals surface area contributed by atoms with Gasteiger partial charge < -0.3 is 11.1 Å². The second kappa shape index (κ2) is 2.79. The van der Waals surface area contributed by atoms with Gasteiger partial charge in [-0.2, -0.15) is 0 Å². The Labute approximate surface area is 76.9 Å². The van der Waals surface area contributed by atoms with E-state index in [0.717, 1.165) is 18.7 Å². The molecular weight excluding hydrogens is 167 g/mol. The zero-order valence-corrected chi connectivity index (χ0v) is 7.60. The summed E-state index contributed by atoms with van der Waals surface area (Å²) in [6, 6.07) is 5.08. The Morgan fingerprint density at radius 1 is 1.46 bits per heavy atom. The smallest absolute Gasteiger partial charge is 0.126 e. The maximum atomic E-state index is 13.0. The highest BCUT2D eigenvalue weighted by Gasteiger charge is 2.34. The monoisotopic (exact) mass is 180 g/mol. The van der Waals surface area contributed by atoms with Crippen molar-refractivity contribution in [3.63, 3.8) is 0 Å². The van der Waals surface area contributed by atoms with Crippen molar-refractivity contribution in [1.82, 2.24) is 5.32 Å². The number of nitrogens with one attached hydrogen (secondary N) is 1. The number of hydrogen-bond donors (Lipinski definition) is 2. The Bertz CT molecular complexity index is 332. The third kappa shape index (κ3) is 1.34. The molecule has 0 spiro atoms. The van der Waals surface area contributed by atoms with E-state index in [4.69, 9.17) is 5.73 Å². The van der Waals surface area contributed by atoms with Gasteiger partial charge in [0.2, 0.25) is 0 Å². The third-order valence-corrected chi connectivity index (χ3v) is 2.61. The molecule has 1 fully saturated rings. The lowest BCUT2D eigenvalue weighted by atomic mass is 9.85.